The van der Waals surface area contributed by atoms with E-state index in [2.05, 4.69) is 19.2 Å². The molecular weight excluding hydrogens is 254 g/mol. The van der Waals surface area contributed by atoms with E-state index in [-0.39, 0.29) is 5.97 Å². The zero-order valence-corrected chi connectivity index (χ0v) is 13.0. The number of carbonyl (C=O) groups is 1. The highest BCUT2D eigenvalue weighted by Gasteiger charge is 2.22. The van der Waals surface area contributed by atoms with Gasteiger partial charge in [-0.25, -0.2) is 4.79 Å². The third-order valence-corrected chi connectivity index (χ3v) is 3.00. The van der Waals surface area contributed by atoms with E-state index in [0.717, 1.165) is 23.4 Å². The minimum Gasteiger partial charge on any atom is -0.496 e. The smallest absolute Gasteiger partial charge is 0.327 e. The van der Waals surface area contributed by atoms with Gasteiger partial charge in [-0.05, 0) is 43.5 Å². The zero-order valence-electron chi connectivity index (χ0n) is 13.0. The Morgan fingerprint density at radius 1 is 1.35 bits per heavy atom. The quantitative estimate of drug-likeness (QED) is 0.780. The SMILES string of the molecule is CCOC(=O)C(NCC(C)C)c1ccc(OC)c(C)c1. The van der Waals surface area contributed by atoms with Crippen molar-refractivity contribution in [3.8, 4) is 5.75 Å². The lowest BCUT2D eigenvalue weighted by molar-refractivity contribution is -0.145. The summed E-state index contributed by atoms with van der Waals surface area (Å²) >= 11 is 0. The largest absolute Gasteiger partial charge is 0.496 e. The average Bonchev–Trinajstić information content (AvgIpc) is 2.39. The molecule has 112 valence electrons. The lowest BCUT2D eigenvalue weighted by Gasteiger charge is -2.20. The molecule has 0 fully saturated rings. The Morgan fingerprint density at radius 3 is 2.55 bits per heavy atom. The van der Waals surface area contributed by atoms with Gasteiger partial charge < -0.3 is 14.8 Å². The van der Waals surface area contributed by atoms with Gasteiger partial charge in [-0.1, -0.05) is 26.0 Å². The normalized spacial score (nSPS) is 12.3. The Bertz CT molecular complexity index is 443. The number of rotatable bonds is 7. The molecule has 1 atom stereocenters. The van der Waals surface area contributed by atoms with Gasteiger partial charge in [0.2, 0.25) is 0 Å². The predicted molar refractivity (Wildman–Crippen MR) is 79.9 cm³/mol. The molecule has 20 heavy (non-hydrogen) atoms. The Labute approximate surface area is 121 Å². The standard InChI is InChI=1S/C16H25NO3/c1-6-20-16(18)15(17-10-11(2)3)13-7-8-14(19-5)12(4)9-13/h7-9,11,15,17H,6,10H2,1-5H3. The molecule has 1 unspecified atom stereocenters. The van der Waals surface area contributed by atoms with Gasteiger partial charge in [0.1, 0.15) is 11.8 Å². The average molecular weight is 279 g/mol. The van der Waals surface area contributed by atoms with E-state index in [1.54, 1.807) is 7.11 Å². The number of hydrogen-bond acceptors (Lipinski definition) is 4. The summed E-state index contributed by atoms with van der Waals surface area (Å²) < 4.78 is 10.4. The monoisotopic (exact) mass is 279 g/mol. The van der Waals surface area contributed by atoms with Crippen LogP contribution in [0.4, 0.5) is 0 Å². The maximum atomic E-state index is 12.1. The molecule has 0 aliphatic heterocycles. The molecule has 0 saturated heterocycles. The molecule has 0 aliphatic carbocycles. The van der Waals surface area contributed by atoms with Crippen LogP contribution >= 0.6 is 0 Å². The van der Waals surface area contributed by atoms with Gasteiger partial charge in [-0.2, -0.15) is 0 Å². The summed E-state index contributed by atoms with van der Waals surface area (Å²) in [6.45, 7) is 9.13. The van der Waals surface area contributed by atoms with E-state index in [1.807, 2.05) is 32.0 Å². The molecule has 0 bridgehead atoms. The summed E-state index contributed by atoms with van der Waals surface area (Å²) in [6.07, 6.45) is 0. The molecule has 1 aromatic rings. The Morgan fingerprint density at radius 2 is 2.05 bits per heavy atom. The number of aryl methyl sites for hydroxylation is 1. The number of methoxy groups -OCH3 is 1. The molecule has 0 radical (unpaired) electrons. The molecule has 4 nitrogen and oxygen atoms in total. The van der Waals surface area contributed by atoms with Crippen LogP contribution in [0.1, 0.15) is 37.9 Å². The van der Waals surface area contributed by atoms with Crippen molar-refractivity contribution in [2.75, 3.05) is 20.3 Å². The van der Waals surface area contributed by atoms with Gasteiger partial charge in [0.15, 0.2) is 0 Å². The van der Waals surface area contributed by atoms with Crippen LogP contribution < -0.4 is 10.1 Å². The third kappa shape index (κ3) is 4.53. The molecule has 1 aromatic carbocycles. The van der Waals surface area contributed by atoms with Crippen LogP contribution in [0, 0.1) is 12.8 Å². The number of benzene rings is 1. The fraction of sp³-hybridized carbons (Fsp3) is 0.562. The van der Waals surface area contributed by atoms with E-state index in [9.17, 15) is 4.79 Å². The van der Waals surface area contributed by atoms with Crippen LogP contribution in [0.2, 0.25) is 0 Å². The van der Waals surface area contributed by atoms with Gasteiger partial charge in [-0.3, -0.25) is 0 Å². The topological polar surface area (TPSA) is 47.6 Å². The number of ether oxygens (including phenoxy) is 2. The lowest BCUT2D eigenvalue weighted by Crippen LogP contribution is -2.32. The summed E-state index contributed by atoms with van der Waals surface area (Å²) in [5.74, 6) is 1.05. The minimum absolute atomic E-state index is 0.238. The molecule has 0 heterocycles. The first-order chi connectivity index (χ1) is 9.49. The van der Waals surface area contributed by atoms with E-state index in [1.165, 1.54) is 0 Å². The fourth-order valence-electron chi connectivity index (χ4n) is 2.00. The van der Waals surface area contributed by atoms with Crippen molar-refractivity contribution in [2.45, 2.75) is 33.7 Å². The van der Waals surface area contributed by atoms with Gasteiger partial charge in [0, 0.05) is 0 Å². The molecule has 1 N–H and O–H groups in total. The predicted octanol–water partition coefficient (Wildman–Crippen LogP) is 2.85. The number of carbonyl (C=O) groups excluding carboxylic acids is 1. The van der Waals surface area contributed by atoms with Crippen LogP contribution in [0.25, 0.3) is 0 Å². The first kappa shape index (κ1) is 16.5. The van der Waals surface area contributed by atoms with Crippen molar-refractivity contribution in [3.63, 3.8) is 0 Å². The zero-order chi connectivity index (χ0) is 15.1. The lowest BCUT2D eigenvalue weighted by atomic mass is 10.0. The molecule has 0 spiro atoms. The van der Waals surface area contributed by atoms with E-state index >= 15 is 0 Å². The van der Waals surface area contributed by atoms with Gasteiger partial charge in [-0.15, -0.1) is 0 Å². The summed E-state index contributed by atoms with van der Waals surface area (Å²) in [6, 6.07) is 5.32. The first-order valence-electron chi connectivity index (χ1n) is 7.04. The highest BCUT2D eigenvalue weighted by Crippen LogP contribution is 2.23. The summed E-state index contributed by atoms with van der Waals surface area (Å²) in [5, 5.41) is 3.27. The second-order valence-electron chi connectivity index (χ2n) is 5.22. The number of hydrogen-bond donors (Lipinski definition) is 1. The number of esters is 1. The Balaban J connectivity index is 2.96. The fourth-order valence-corrected chi connectivity index (χ4v) is 2.00. The third-order valence-electron chi connectivity index (χ3n) is 3.00. The van der Waals surface area contributed by atoms with Gasteiger partial charge in [0.05, 0.1) is 13.7 Å². The minimum atomic E-state index is -0.429. The van der Waals surface area contributed by atoms with Crippen molar-refractivity contribution >= 4 is 5.97 Å². The summed E-state index contributed by atoms with van der Waals surface area (Å²) in [4.78, 5) is 12.1. The number of nitrogens with one attached hydrogen (secondary N) is 1. The molecule has 4 heteroatoms. The first-order valence-corrected chi connectivity index (χ1v) is 7.04. The maximum Gasteiger partial charge on any atom is 0.327 e. The Hall–Kier alpha value is -1.55. The van der Waals surface area contributed by atoms with Crippen molar-refractivity contribution < 1.29 is 14.3 Å². The van der Waals surface area contributed by atoms with Crippen LogP contribution in [0.5, 0.6) is 5.75 Å². The summed E-state index contributed by atoms with van der Waals surface area (Å²) in [7, 11) is 1.64. The molecule has 0 amide bonds. The second-order valence-corrected chi connectivity index (χ2v) is 5.22. The summed E-state index contributed by atoms with van der Waals surface area (Å²) in [5.41, 5.74) is 1.91. The maximum absolute atomic E-state index is 12.1. The van der Waals surface area contributed by atoms with Crippen LogP contribution in [-0.4, -0.2) is 26.2 Å². The van der Waals surface area contributed by atoms with Gasteiger partial charge >= 0.3 is 5.97 Å². The molecule has 1 rings (SSSR count). The van der Waals surface area contributed by atoms with Crippen LogP contribution in [0.15, 0.2) is 18.2 Å². The van der Waals surface area contributed by atoms with Crippen LogP contribution in [0.3, 0.4) is 0 Å². The second kappa shape index (κ2) is 7.90. The molecule has 0 aromatic heterocycles. The van der Waals surface area contributed by atoms with E-state index in [4.69, 9.17) is 9.47 Å². The van der Waals surface area contributed by atoms with Crippen molar-refractivity contribution in [1.29, 1.82) is 0 Å². The molecule has 0 saturated carbocycles. The van der Waals surface area contributed by atoms with Crippen molar-refractivity contribution in [1.82, 2.24) is 5.32 Å². The van der Waals surface area contributed by atoms with Crippen molar-refractivity contribution in [2.24, 2.45) is 5.92 Å². The van der Waals surface area contributed by atoms with Crippen LogP contribution in [-0.2, 0) is 9.53 Å². The Kier molecular flexibility index (Phi) is 6.52. The highest BCUT2D eigenvalue weighted by atomic mass is 16.5. The molecular formula is C16H25NO3. The van der Waals surface area contributed by atoms with E-state index in [0.29, 0.717) is 12.5 Å². The van der Waals surface area contributed by atoms with Gasteiger partial charge in [0.25, 0.3) is 0 Å². The van der Waals surface area contributed by atoms with Crippen molar-refractivity contribution in [3.05, 3.63) is 29.3 Å². The molecule has 0 aliphatic rings. The highest BCUT2D eigenvalue weighted by molar-refractivity contribution is 5.77. The van der Waals surface area contributed by atoms with E-state index < -0.39 is 6.04 Å².